The van der Waals surface area contributed by atoms with Crippen LogP contribution in [0.3, 0.4) is 0 Å². The number of aromatic hydroxyl groups is 1. The Hall–Kier alpha value is -2.50. The van der Waals surface area contributed by atoms with Crippen molar-refractivity contribution >= 4 is 33.2 Å². The first-order chi connectivity index (χ1) is 11.2. The van der Waals surface area contributed by atoms with Gasteiger partial charge >= 0.3 is 0 Å². The molecular weight excluding hydrogens is 330 g/mol. The third-order valence-electron chi connectivity index (χ3n) is 3.41. The van der Waals surface area contributed by atoms with Crippen LogP contribution < -0.4 is 0 Å². The molecule has 0 aliphatic heterocycles. The number of halogens is 1. The molecule has 1 N–H and O–H groups in total. The van der Waals surface area contributed by atoms with Crippen molar-refractivity contribution in [1.82, 2.24) is 15.0 Å². The molecule has 112 valence electrons. The van der Waals surface area contributed by atoms with Crippen LogP contribution in [0.15, 0.2) is 54.0 Å². The van der Waals surface area contributed by atoms with Crippen molar-refractivity contribution in [2.75, 3.05) is 0 Å². The molecular formula is C17H10ClN3OS. The van der Waals surface area contributed by atoms with Crippen LogP contribution in [0.4, 0.5) is 0 Å². The quantitative estimate of drug-likeness (QED) is 0.534. The van der Waals surface area contributed by atoms with E-state index in [4.69, 9.17) is 16.6 Å². The van der Waals surface area contributed by atoms with E-state index in [1.54, 1.807) is 41.8 Å². The van der Waals surface area contributed by atoms with Gasteiger partial charge in [-0.15, -0.1) is 11.3 Å². The lowest BCUT2D eigenvalue weighted by Gasteiger charge is -2.07. The molecule has 0 saturated heterocycles. The molecule has 6 heteroatoms. The normalized spacial score (nSPS) is 11.0. The first kappa shape index (κ1) is 14.1. The minimum absolute atomic E-state index is 0.185. The van der Waals surface area contributed by atoms with Gasteiger partial charge in [-0.1, -0.05) is 23.7 Å². The highest BCUT2D eigenvalue weighted by Crippen LogP contribution is 2.33. The SMILES string of the molecule is Oc1cccc(-c2nc(-c3ccnc(Cl)c3)c3sccc3n2)c1. The van der Waals surface area contributed by atoms with Crippen molar-refractivity contribution < 1.29 is 5.11 Å². The van der Waals surface area contributed by atoms with Gasteiger partial charge in [0.15, 0.2) is 5.82 Å². The standard InChI is InChI=1S/C17H10ClN3OS/c18-14-9-10(4-6-19-14)15-16-13(5-7-23-16)20-17(21-15)11-2-1-3-12(22)8-11/h1-9,22H. The van der Waals surface area contributed by atoms with Gasteiger partial charge in [-0.05, 0) is 35.7 Å². The number of nitrogens with zero attached hydrogens (tertiary/aromatic N) is 3. The molecule has 1 aromatic carbocycles. The maximum absolute atomic E-state index is 9.69. The second-order valence-corrected chi connectivity index (χ2v) is 6.25. The maximum atomic E-state index is 9.69. The van der Waals surface area contributed by atoms with Gasteiger partial charge in [0.25, 0.3) is 0 Å². The lowest BCUT2D eigenvalue weighted by molar-refractivity contribution is 0.475. The first-order valence-electron chi connectivity index (χ1n) is 6.87. The van der Waals surface area contributed by atoms with Crippen molar-refractivity contribution in [3.8, 4) is 28.4 Å². The summed E-state index contributed by atoms with van der Waals surface area (Å²) in [6.45, 7) is 0. The zero-order valence-corrected chi connectivity index (χ0v) is 13.3. The molecule has 0 aliphatic carbocycles. The summed E-state index contributed by atoms with van der Waals surface area (Å²) in [6, 6.07) is 12.5. The zero-order chi connectivity index (χ0) is 15.8. The number of phenols is 1. The Balaban J connectivity index is 1.98. The van der Waals surface area contributed by atoms with Crippen LogP contribution >= 0.6 is 22.9 Å². The van der Waals surface area contributed by atoms with Gasteiger partial charge < -0.3 is 5.11 Å². The lowest BCUT2D eigenvalue weighted by Crippen LogP contribution is -1.93. The Morgan fingerprint density at radius 3 is 2.74 bits per heavy atom. The van der Waals surface area contributed by atoms with Gasteiger partial charge in [-0.2, -0.15) is 0 Å². The Kier molecular flexibility index (Phi) is 3.44. The van der Waals surface area contributed by atoms with Gasteiger partial charge in [0.05, 0.1) is 15.9 Å². The van der Waals surface area contributed by atoms with E-state index in [-0.39, 0.29) is 5.75 Å². The van der Waals surface area contributed by atoms with E-state index in [2.05, 4.69) is 9.97 Å². The Bertz CT molecular complexity index is 1020. The summed E-state index contributed by atoms with van der Waals surface area (Å²) in [5, 5.41) is 12.1. The third-order valence-corrected chi connectivity index (χ3v) is 4.52. The molecule has 4 nitrogen and oxygen atoms in total. The van der Waals surface area contributed by atoms with E-state index >= 15 is 0 Å². The van der Waals surface area contributed by atoms with Gasteiger partial charge in [0.2, 0.25) is 0 Å². The molecule has 0 saturated carbocycles. The van der Waals surface area contributed by atoms with Crippen molar-refractivity contribution in [2.45, 2.75) is 0 Å². The largest absolute Gasteiger partial charge is 0.508 e. The first-order valence-corrected chi connectivity index (χ1v) is 8.13. The highest BCUT2D eigenvalue weighted by Gasteiger charge is 2.13. The molecule has 0 bridgehead atoms. The van der Waals surface area contributed by atoms with Crippen molar-refractivity contribution in [3.63, 3.8) is 0 Å². The lowest BCUT2D eigenvalue weighted by atomic mass is 10.1. The molecule has 23 heavy (non-hydrogen) atoms. The molecule has 0 amide bonds. The van der Waals surface area contributed by atoms with Crippen molar-refractivity contribution in [2.24, 2.45) is 0 Å². The topological polar surface area (TPSA) is 58.9 Å². The minimum atomic E-state index is 0.185. The summed E-state index contributed by atoms with van der Waals surface area (Å²) in [4.78, 5) is 13.3. The Morgan fingerprint density at radius 1 is 1.00 bits per heavy atom. The van der Waals surface area contributed by atoms with Crippen LogP contribution in [0.25, 0.3) is 32.9 Å². The summed E-state index contributed by atoms with van der Waals surface area (Å²) in [5.74, 6) is 0.750. The summed E-state index contributed by atoms with van der Waals surface area (Å²) in [5.41, 5.74) is 3.33. The van der Waals surface area contributed by atoms with E-state index in [0.717, 1.165) is 27.0 Å². The summed E-state index contributed by atoms with van der Waals surface area (Å²) in [7, 11) is 0. The predicted molar refractivity (Wildman–Crippen MR) is 92.8 cm³/mol. The number of pyridine rings is 1. The van der Waals surface area contributed by atoms with E-state index < -0.39 is 0 Å². The molecule has 0 unspecified atom stereocenters. The van der Waals surface area contributed by atoms with E-state index in [9.17, 15) is 5.11 Å². The number of fused-ring (bicyclic) bond motifs is 1. The monoisotopic (exact) mass is 339 g/mol. The van der Waals surface area contributed by atoms with Gasteiger partial charge in [0.1, 0.15) is 10.9 Å². The smallest absolute Gasteiger partial charge is 0.160 e. The molecule has 4 aromatic rings. The van der Waals surface area contributed by atoms with Crippen LogP contribution in [0, 0.1) is 0 Å². The van der Waals surface area contributed by atoms with Crippen LogP contribution in [0.5, 0.6) is 5.75 Å². The molecule has 4 rings (SSSR count). The van der Waals surface area contributed by atoms with Crippen LogP contribution in [0.2, 0.25) is 5.15 Å². The molecule has 0 aliphatic rings. The van der Waals surface area contributed by atoms with Crippen LogP contribution in [0.1, 0.15) is 0 Å². The fourth-order valence-electron chi connectivity index (χ4n) is 2.38. The van der Waals surface area contributed by atoms with Crippen LogP contribution in [-0.4, -0.2) is 20.1 Å². The van der Waals surface area contributed by atoms with E-state index in [1.165, 1.54) is 0 Å². The maximum Gasteiger partial charge on any atom is 0.160 e. The second-order valence-electron chi connectivity index (χ2n) is 4.95. The average Bonchev–Trinajstić information content (AvgIpc) is 3.02. The number of phenolic OH excluding ortho intramolecular Hbond substituents is 1. The summed E-state index contributed by atoms with van der Waals surface area (Å²) in [6.07, 6.45) is 1.66. The van der Waals surface area contributed by atoms with E-state index in [1.807, 2.05) is 23.6 Å². The van der Waals surface area contributed by atoms with Crippen molar-refractivity contribution in [3.05, 3.63) is 59.2 Å². The Morgan fingerprint density at radius 2 is 1.91 bits per heavy atom. The van der Waals surface area contributed by atoms with Crippen molar-refractivity contribution in [1.29, 1.82) is 0 Å². The minimum Gasteiger partial charge on any atom is -0.508 e. The second kappa shape index (κ2) is 5.61. The van der Waals surface area contributed by atoms with Gasteiger partial charge in [0, 0.05) is 17.3 Å². The molecule has 3 aromatic heterocycles. The summed E-state index contributed by atoms with van der Waals surface area (Å²) < 4.78 is 0.996. The number of hydrogen-bond donors (Lipinski definition) is 1. The van der Waals surface area contributed by atoms with Gasteiger partial charge in [-0.3, -0.25) is 0 Å². The highest BCUT2D eigenvalue weighted by atomic mass is 35.5. The predicted octanol–water partition coefficient (Wildman–Crippen LogP) is 4.78. The molecule has 0 atom stereocenters. The number of thiophene rings is 1. The number of rotatable bonds is 2. The third kappa shape index (κ3) is 2.65. The fourth-order valence-corrected chi connectivity index (χ4v) is 3.40. The fraction of sp³-hybridized carbons (Fsp3) is 0. The number of aromatic nitrogens is 3. The number of hydrogen-bond acceptors (Lipinski definition) is 5. The van der Waals surface area contributed by atoms with Crippen LogP contribution in [-0.2, 0) is 0 Å². The average molecular weight is 340 g/mol. The zero-order valence-electron chi connectivity index (χ0n) is 11.8. The van der Waals surface area contributed by atoms with E-state index in [0.29, 0.717) is 11.0 Å². The molecule has 0 radical (unpaired) electrons. The summed E-state index contributed by atoms with van der Waals surface area (Å²) >= 11 is 7.60. The van der Waals surface area contributed by atoms with Gasteiger partial charge in [-0.25, -0.2) is 15.0 Å². The number of benzene rings is 1. The molecule has 0 fully saturated rings. The molecule has 0 spiro atoms. The highest BCUT2D eigenvalue weighted by molar-refractivity contribution is 7.17. The Labute approximate surface area is 141 Å². The molecule has 3 heterocycles.